The number of thiazole rings is 1. The van der Waals surface area contributed by atoms with Gasteiger partial charge in [-0.2, -0.15) is 0 Å². The third kappa shape index (κ3) is 5.19. The number of nitrogens with zero attached hydrogens (tertiary/aromatic N) is 2. The fourth-order valence-corrected chi connectivity index (χ4v) is 3.94. The Morgan fingerprint density at radius 3 is 2.79 bits per heavy atom. The van der Waals surface area contributed by atoms with Crippen LogP contribution in [0.15, 0.2) is 29.6 Å². The van der Waals surface area contributed by atoms with Gasteiger partial charge in [0.25, 0.3) is 0 Å². The number of halogens is 1. The van der Waals surface area contributed by atoms with Crippen LogP contribution in [0.3, 0.4) is 0 Å². The Morgan fingerprint density at radius 1 is 1.32 bits per heavy atom. The Balaban J connectivity index is 1.55. The molecule has 3 rings (SSSR count). The number of alkyl halides is 1. The molecule has 28 heavy (non-hydrogen) atoms. The molecule has 0 saturated carbocycles. The highest BCUT2D eigenvalue weighted by Crippen LogP contribution is 2.31. The average molecular weight is 407 g/mol. The van der Waals surface area contributed by atoms with Crippen LogP contribution in [0.5, 0.6) is 0 Å². The van der Waals surface area contributed by atoms with Crippen molar-refractivity contribution in [3.05, 3.63) is 35.3 Å². The van der Waals surface area contributed by atoms with Crippen molar-refractivity contribution in [1.29, 1.82) is 0 Å². The van der Waals surface area contributed by atoms with Gasteiger partial charge in [-0.15, -0.1) is 11.3 Å². The summed E-state index contributed by atoms with van der Waals surface area (Å²) in [4.78, 5) is 28.9. The molecule has 2 heterocycles. The molecule has 1 fully saturated rings. The topological polar surface area (TPSA) is 91.8 Å². The zero-order valence-electron chi connectivity index (χ0n) is 15.3. The fourth-order valence-electron chi connectivity index (χ4n) is 3.05. The normalized spacial score (nSPS) is 14.7. The summed E-state index contributed by atoms with van der Waals surface area (Å²) in [7, 11) is 0. The van der Waals surface area contributed by atoms with Crippen molar-refractivity contribution in [3.8, 4) is 10.6 Å². The van der Waals surface area contributed by atoms with Crippen LogP contribution in [-0.4, -0.2) is 53.5 Å². The molecule has 2 aromatic rings. The van der Waals surface area contributed by atoms with Crippen LogP contribution in [0, 0.1) is 5.92 Å². The van der Waals surface area contributed by atoms with Gasteiger partial charge >= 0.3 is 12.2 Å². The van der Waals surface area contributed by atoms with Crippen molar-refractivity contribution < 1.29 is 23.8 Å². The number of rotatable bonds is 6. The SMILES string of the molecule is O=C(Nc1ccccc1-c1nc(CCF)cs1)OCC1CCN(C(=O)O)CC1. The Hall–Kier alpha value is -2.68. The molecule has 0 aliphatic carbocycles. The molecule has 0 bridgehead atoms. The number of aromatic nitrogens is 1. The molecule has 1 saturated heterocycles. The predicted molar refractivity (Wildman–Crippen MR) is 105 cm³/mol. The number of piperidine rings is 1. The van der Waals surface area contributed by atoms with Crippen LogP contribution in [0.1, 0.15) is 18.5 Å². The second-order valence-corrected chi connectivity index (χ2v) is 7.42. The lowest BCUT2D eigenvalue weighted by Crippen LogP contribution is -2.38. The number of likely N-dealkylation sites (tertiary alicyclic amines) is 1. The van der Waals surface area contributed by atoms with Crippen molar-refractivity contribution in [2.24, 2.45) is 5.92 Å². The van der Waals surface area contributed by atoms with E-state index in [9.17, 15) is 14.0 Å². The van der Waals surface area contributed by atoms with E-state index in [1.165, 1.54) is 16.2 Å². The number of ether oxygens (including phenoxy) is 1. The maximum Gasteiger partial charge on any atom is 0.411 e. The lowest BCUT2D eigenvalue weighted by atomic mass is 9.98. The van der Waals surface area contributed by atoms with Gasteiger partial charge in [0.2, 0.25) is 0 Å². The van der Waals surface area contributed by atoms with Crippen molar-refractivity contribution in [2.75, 3.05) is 31.7 Å². The Morgan fingerprint density at radius 2 is 2.07 bits per heavy atom. The molecule has 2 amide bonds. The van der Waals surface area contributed by atoms with Gasteiger partial charge in [-0.25, -0.2) is 14.6 Å². The summed E-state index contributed by atoms with van der Waals surface area (Å²) in [6.45, 7) is 0.707. The molecule has 150 valence electrons. The number of amides is 2. The molecule has 1 aliphatic rings. The first-order valence-corrected chi connectivity index (χ1v) is 9.96. The minimum absolute atomic E-state index is 0.152. The number of anilines is 1. The zero-order chi connectivity index (χ0) is 19.9. The van der Waals surface area contributed by atoms with Gasteiger partial charge in [-0.05, 0) is 30.9 Å². The molecule has 0 atom stereocenters. The second-order valence-electron chi connectivity index (χ2n) is 6.57. The Labute approximate surface area is 166 Å². The summed E-state index contributed by atoms with van der Waals surface area (Å²) in [6, 6.07) is 7.25. The van der Waals surface area contributed by atoms with Gasteiger partial charge in [0.15, 0.2) is 0 Å². The monoisotopic (exact) mass is 407 g/mol. The smallest absolute Gasteiger partial charge is 0.411 e. The molecular formula is C19H22FN3O4S. The van der Waals surface area contributed by atoms with Crippen molar-refractivity contribution in [2.45, 2.75) is 19.3 Å². The Bertz CT molecular complexity index is 821. The summed E-state index contributed by atoms with van der Waals surface area (Å²) in [5.74, 6) is 0.152. The van der Waals surface area contributed by atoms with Crippen molar-refractivity contribution >= 4 is 29.2 Å². The zero-order valence-corrected chi connectivity index (χ0v) is 16.1. The molecule has 0 radical (unpaired) electrons. The number of para-hydroxylation sites is 1. The van der Waals surface area contributed by atoms with E-state index < -0.39 is 18.9 Å². The van der Waals surface area contributed by atoms with Crippen LogP contribution in [0.25, 0.3) is 10.6 Å². The van der Waals surface area contributed by atoms with Crippen LogP contribution in [0.2, 0.25) is 0 Å². The van der Waals surface area contributed by atoms with E-state index in [4.69, 9.17) is 9.84 Å². The number of carbonyl (C=O) groups excluding carboxylic acids is 1. The molecule has 7 nitrogen and oxygen atoms in total. The highest BCUT2D eigenvalue weighted by atomic mass is 32.1. The molecule has 1 aromatic carbocycles. The molecule has 1 aliphatic heterocycles. The maximum absolute atomic E-state index is 12.5. The van der Waals surface area contributed by atoms with E-state index in [0.717, 1.165) is 5.56 Å². The molecule has 0 spiro atoms. The largest absolute Gasteiger partial charge is 0.465 e. The summed E-state index contributed by atoms with van der Waals surface area (Å²) in [5.41, 5.74) is 2.02. The molecule has 1 aromatic heterocycles. The van der Waals surface area contributed by atoms with E-state index in [0.29, 0.717) is 42.3 Å². The first kappa shape index (κ1) is 20.1. The number of aryl methyl sites for hydroxylation is 1. The fraction of sp³-hybridized carbons (Fsp3) is 0.421. The predicted octanol–water partition coefficient (Wildman–Crippen LogP) is 4.26. The number of hydrogen-bond acceptors (Lipinski definition) is 5. The lowest BCUT2D eigenvalue weighted by Gasteiger charge is -2.29. The van der Waals surface area contributed by atoms with Crippen LogP contribution >= 0.6 is 11.3 Å². The first-order valence-electron chi connectivity index (χ1n) is 9.08. The van der Waals surface area contributed by atoms with Crippen molar-refractivity contribution in [1.82, 2.24) is 9.88 Å². The van der Waals surface area contributed by atoms with E-state index in [2.05, 4.69) is 10.3 Å². The highest BCUT2D eigenvalue weighted by molar-refractivity contribution is 7.13. The van der Waals surface area contributed by atoms with E-state index in [-0.39, 0.29) is 18.9 Å². The number of nitrogens with one attached hydrogen (secondary N) is 1. The van der Waals surface area contributed by atoms with E-state index in [1.807, 2.05) is 17.5 Å². The van der Waals surface area contributed by atoms with Gasteiger partial charge in [0.05, 0.1) is 24.7 Å². The third-order valence-corrected chi connectivity index (χ3v) is 5.56. The van der Waals surface area contributed by atoms with Crippen LogP contribution < -0.4 is 5.32 Å². The van der Waals surface area contributed by atoms with Crippen molar-refractivity contribution in [3.63, 3.8) is 0 Å². The minimum Gasteiger partial charge on any atom is -0.465 e. The van der Waals surface area contributed by atoms with Gasteiger partial charge in [0, 0.05) is 30.5 Å². The quantitative estimate of drug-likeness (QED) is 0.746. The average Bonchev–Trinajstić information content (AvgIpc) is 3.16. The van der Waals surface area contributed by atoms with Crippen LogP contribution in [-0.2, 0) is 11.2 Å². The van der Waals surface area contributed by atoms with E-state index >= 15 is 0 Å². The van der Waals surface area contributed by atoms with Gasteiger partial charge < -0.3 is 14.7 Å². The van der Waals surface area contributed by atoms with E-state index in [1.54, 1.807) is 12.1 Å². The molecule has 9 heteroatoms. The number of carbonyl (C=O) groups is 2. The number of benzene rings is 1. The molecule has 0 unspecified atom stereocenters. The summed E-state index contributed by atoms with van der Waals surface area (Å²) in [5, 5.41) is 14.2. The van der Waals surface area contributed by atoms with Gasteiger partial charge in [-0.1, -0.05) is 12.1 Å². The third-order valence-electron chi connectivity index (χ3n) is 4.63. The highest BCUT2D eigenvalue weighted by Gasteiger charge is 2.23. The summed E-state index contributed by atoms with van der Waals surface area (Å²) >= 11 is 1.40. The lowest BCUT2D eigenvalue weighted by molar-refractivity contribution is 0.0948. The standard InChI is InChI=1S/C19H22FN3O4S/c20-8-5-14-12-28-17(21-14)15-3-1-2-4-16(15)22-18(24)27-11-13-6-9-23(10-7-13)19(25)26/h1-4,12-13H,5-11H2,(H,22,24)(H,25,26). The number of hydrogen-bond donors (Lipinski definition) is 2. The van der Waals surface area contributed by atoms with Crippen LogP contribution in [0.4, 0.5) is 19.7 Å². The summed E-state index contributed by atoms with van der Waals surface area (Å²) in [6.07, 6.45) is 0.146. The maximum atomic E-state index is 12.5. The minimum atomic E-state index is -0.912. The van der Waals surface area contributed by atoms with Gasteiger partial charge in [0.1, 0.15) is 5.01 Å². The van der Waals surface area contributed by atoms with Gasteiger partial charge in [-0.3, -0.25) is 9.71 Å². The first-order chi connectivity index (χ1) is 13.6. The summed E-state index contributed by atoms with van der Waals surface area (Å²) < 4.78 is 17.8. The molecular weight excluding hydrogens is 385 g/mol. The number of carboxylic acid groups (broad SMARTS) is 1. The second kappa shape index (κ2) is 9.50. The Kier molecular flexibility index (Phi) is 6.80. The molecule has 2 N–H and O–H groups in total.